The fraction of sp³-hybridized carbons (Fsp3) is 0.158. The minimum absolute atomic E-state index is 0.0759. The quantitative estimate of drug-likeness (QED) is 0.733. The van der Waals surface area contributed by atoms with Crippen LogP contribution in [0.4, 0.5) is 0 Å². The molecule has 0 fully saturated rings. The van der Waals surface area contributed by atoms with Gasteiger partial charge in [-0.2, -0.15) is 0 Å². The Morgan fingerprint density at radius 1 is 1.04 bits per heavy atom. The molecular formula is C19H17NO4. The van der Waals surface area contributed by atoms with Crippen LogP contribution in [0, 0.1) is 0 Å². The number of methoxy groups -OCH3 is 1. The minimum Gasteiger partial charge on any atom is -0.457 e. The lowest BCUT2D eigenvalue weighted by atomic mass is 10.1. The zero-order valence-corrected chi connectivity index (χ0v) is 13.2. The Kier molecular flexibility index (Phi) is 4.72. The summed E-state index contributed by atoms with van der Waals surface area (Å²) in [4.78, 5) is 27.0. The Hall–Kier alpha value is -2.92. The summed E-state index contributed by atoms with van der Waals surface area (Å²) in [6.07, 6.45) is 0. The molecule has 0 saturated carbocycles. The van der Waals surface area contributed by atoms with E-state index < -0.39 is 5.97 Å². The van der Waals surface area contributed by atoms with Crippen molar-refractivity contribution < 1.29 is 14.3 Å². The average molecular weight is 323 g/mol. The van der Waals surface area contributed by atoms with Crippen LogP contribution in [0.15, 0.2) is 59.4 Å². The number of hydrogen-bond donors (Lipinski definition) is 1. The number of carbonyl (C=O) groups excluding carboxylic acids is 1. The van der Waals surface area contributed by atoms with Crippen LogP contribution in [-0.4, -0.2) is 18.1 Å². The van der Waals surface area contributed by atoms with Crippen LogP contribution < -0.4 is 5.56 Å². The van der Waals surface area contributed by atoms with Crippen LogP contribution in [0.25, 0.3) is 10.9 Å². The highest BCUT2D eigenvalue weighted by Gasteiger charge is 2.10. The summed E-state index contributed by atoms with van der Waals surface area (Å²) in [5.74, 6) is -0.472. The molecule has 0 amide bonds. The summed E-state index contributed by atoms with van der Waals surface area (Å²) in [6.45, 7) is 0.346. The lowest BCUT2D eigenvalue weighted by Crippen LogP contribution is -2.15. The zero-order chi connectivity index (χ0) is 16.9. The first-order valence-corrected chi connectivity index (χ1v) is 7.53. The third-order valence-electron chi connectivity index (χ3n) is 3.66. The highest BCUT2D eigenvalue weighted by molar-refractivity contribution is 5.89. The van der Waals surface area contributed by atoms with E-state index in [4.69, 9.17) is 9.47 Å². The van der Waals surface area contributed by atoms with Gasteiger partial charge in [-0.15, -0.1) is 0 Å². The highest BCUT2D eigenvalue weighted by atomic mass is 16.5. The summed E-state index contributed by atoms with van der Waals surface area (Å²) in [7, 11) is 1.59. The van der Waals surface area contributed by atoms with Crippen molar-refractivity contribution >= 4 is 16.9 Å². The first-order chi connectivity index (χ1) is 11.7. The molecule has 5 heteroatoms. The van der Waals surface area contributed by atoms with Crippen molar-refractivity contribution in [3.63, 3.8) is 0 Å². The Morgan fingerprint density at radius 2 is 1.88 bits per heavy atom. The maximum absolute atomic E-state index is 12.2. The number of H-pyrrole nitrogens is 1. The van der Waals surface area contributed by atoms with Gasteiger partial charge in [-0.05, 0) is 35.2 Å². The molecule has 1 heterocycles. The molecule has 1 aromatic heterocycles. The number of para-hydroxylation sites is 1. The van der Waals surface area contributed by atoms with Crippen LogP contribution >= 0.6 is 0 Å². The number of fused-ring (bicyclic) bond motifs is 1. The fourth-order valence-electron chi connectivity index (χ4n) is 2.48. The molecule has 5 nitrogen and oxygen atoms in total. The van der Waals surface area contributed by atoms with Crippen LogP contribution in [0.3, 0.4) is 0 Å². The predicted molar refractivity (Wildman–Crippen MR) is 90.8 cm³/mol. The van der Waals surface area contributed by atoms with E-state index >= 15 is 0 Å². The largest absolute Gasteiger partial charge is 0.457 e. The number of carbonyl (C=O) groups is 1. The SMILES string of the molecule is COCc1cccc(C(=O)OCc2cc3ccccc3[nH]c2=O)c1. The molecule has 0 unspecified atom stereocenters. The van der Waals surface area contributed by atoms with Crippen LogP contribution in [0.5, 0.6) is 0 Å². The van der Waals surface area contributed by atoms with E-state index in [0.29, 0.717) is 17.7 Å². The second-order valence-electron chi connectivity index (χ2n) is 5.42. The van der Waals surface area contributed by atoms with E-state index in [1.165, 1.54) is 0 Å². The molecule has 3 aromatic rings. The molecule has 3 rings (SSSR count). The molecule has 0 bridgehead atoms. The highest BCUT2D eigenvalue weighted by Crippen LogP contribution is 2.12. The molecule has 2 aromatic carbocycles. The van der Waals surface area contributed by atoms with E-state index in [0.717, 1.165) is 16.5 Å². The van der Waals surface area contributed by atoms with E-state index in [1.54, 1.807) is 31.4 Å². The van der Waals surface area contributed by atoms with Gasteiger partial charge in [0.05, 0.1) is 17.7 Å². The standard InChI is InChI=1S/C19H17NO4/c1-23-11-13-5-4-7-15(9-13)19(22)24-12-16-10-14-6-2-3-8-17(14)20-18(16)21/h2-10H,11-12H2,1H3,(H,20,21). The van der Waals surface area contributed by atoms with Crippen molar-refractivity contribution in [1.29, 1.82) is 0 Å². The fourth-order valence-corrected chi connectivity index (χ4v) is 2.48. The van der Waals surface area contributed by atoms with E-state index in [-0.39, 0.29) is 12.2 Å². The van der Waals surface area contributed by atoms with E-state index in [9.17, 15) is 9.59 Å². The Balaban J connectivity index is 1.75. The van der Waals surface area contributed by atoms with Crippen LogP contribution in [0.2, 0.25) is 0 Å². The Morgan fingerprint density at radius 3 is 2.71 bits per heavy atom. The summed E-state index contributed by atoms with van der Waals surface area (Å²) in [5, 5.41) is 0.894. The summed E-state index contributed by atoms with van der Waals surface area (Å²) >= 11 is 0. The molecule has 0 aliphatic rings. The van der Waals surface area contributed by atoms with Gasteiger partial charge >= 0.3 is 5.97 Å². The van der Waals surface area contributed by atoms with Crippen molar-refractivity contribution in [2.24, 2.45) is 0 Å². The number of aromatic nitrogens is 1. The second kappa shape index (κ2) is 7.10. The Labute approximate surface area is 138 Å². The normalized spacial score (nSPS) is 10.7. The topological polar surface area (TPSA) is 68.4 Å². The number of esters is 1. The molecule has 122 valence electrons. The lowest BCUT2D eigenvalue weighted by molar-refractivity contribution is 0.0471. The number of pyridine rings is 1. The molecule has 0 saturated heterocycles. The molecule has 0 spiro atoms. The number of benzene rings is 2. The predicted octanol–water partition coefficient (Wildman–Crippen LogP) is 3.03. The number of aromatic amines is 1. The van der Waals surface area contributed by atoms with Gasteiger partial charge in [-0.25, -0.2) is 4.79 Å². The van der Waals surface area contributed by atoms with Crippen molar-refractivity contribution in [3.8, 4) is 0 Å². The minimum atomic E-state index is -0.472. The summed E-state index contributed by atoms with van der Waals surface area (Å²) in [5.41, 5.74) is 2.23. The Bertz CT molecular complexity index is 930. The first-order valence-electron chi connectivity index (χ1n) is 7.53. The van der Waals surface area contributed by atoms with Gasteiger partial charge in [-0.3, -0.25) is 4.79 Å². The van der Waals surface area contributed by atoms with E-state index in [2.05, 4.69) is 4.98 Å². The number of rotatable bonds is 5. The summed E-state index contributed by atoms with van der Waals surface area (Å²) in [6, 6.07) is 16.2. The van der Waals surface area contributed by atoms with Crippen molar-refractivity contribution in [2.75, 3.05) is 7.11 Å². The van der Waals surface area contributed by atoms with Gasteiger partial charge in [-0.1, -0.05) is 30.3 Å². The number of nitrogens with one attached hydrogen (secondary N) is 1. The molecular weight excluding hydrogens is 306 g/mol. The maximum atomic E-state index is 12.2. The molecule has 24 heavy (non-hydrogen) atoms. The smallest absolute Gasteiger partial charge is 0.338 e. The van der Waals surface area contributed by atoms with Crippen LogP contribution in [0.1, 0.15) is 21.5 Å². The van der Waals surface area contributed by atoms with Crippen molar-refractivity contribution in [2.45, 2.75) is 13.2 Å². The first kappa shape index (κ1) is 16.0. The molecule has 0 radical (unpaired) electrons. The van der Waals surface area contributed by atoms with Gasteiger partial charge < -0.3 is 14.5 Å². The molecule has 0 aliphatic carbocycles. The van der Waals surface area contributed by atoms with Crippen molar-refractivity contribution in [3.05, 3.63) is 81.6 Å². The molecule has 0 aliphatic heterocycles. The second-order valence-corrected chi connectivity index (χ2v) is 5.42. The van der Waals surface area contributed by atoms with Crippen molar-refractivity contribution in [1.82, 2.24) is 4.98 Å². The average Bonchev–Trinajstić information content (AvgIpc) is 2.60. The third-order valence-corrected chi connectivity index (χ3v) is 3.66. The monoisotopic (exact) mass is 323 g/mol. The van der Waals surface area contributed by atoms with Gasteiger partial charge in [0.15, 0.2) is 0 Å². The maximum Gasteiger partial charge on any atom is 0.338 e. The van der Waals surface area contributed by atoms with Gasteiger partial charge in [0.1, 0.15) is 6.61 Å². The number of hydrogen-bond acceptors (Lipinski definition) is 4. The zero-order valence-electron chi connectivity index (χ0n) is 13.2. The van der Waals surface area contributed by atoms with Gasteiger partial charge in [0.2, 0.25) is 0 Å². The van der Waals surface area contributed by atoms with Gasteiger partial charge in [0, 0.05) is 12.6 Å². The molecule has 0 atom stereocenters. The lowest BCUT2D eigenvalue weighted by Gasteiger charge is -2.07. The van der Waals surface area contributed by atoms with Gasteiger partial charge in [0.25, 0.3) is 5.56 Å². The third kappa shape index (κ3) is 3.52. The van der Waals surface area contributed by atoms with E-state index in [1.807, 2.05) is 30.3 Å². The summed E-state index contributed by atoms with van der Waals surface area (Å²) < 4.78 is 10.3. The van der Waals surface area contributed by atoms with Crippen LogP contribution in [-0.2, 0) is 22.7 Å². The molecule has 1 N–H and O–H groups in total. The number of ether oxygens (including phenoxy) is 2.